The molecular weight excluding hydrogens is 290 g/mol. The average molecular weight is 313 g/mol. The Morgan fingerprint density at radius 3 is 2.64 bits per heavy atom. The zero-order chi connectivity index (χ0) is 16.3. The molecule has 2 heterocycles. The highest BCUT2D eigenvalue weighted by atomic mass is 16.4. The molecule has 0 bridgehead atoms. The summed E-state index contributed by atoms with van der Waals surface area (Å²) in [6.45, 7) is 3.43. The first-order chi connectivity index (χ1) is 10.4. The van der Waals surface area contributed by atoms with Gasteiger partial charge in [0, 0.05) is 39.1 Å². The predicted octanol–water partition coefficient (Wildman–Crippen LogP) is -0.429. The number of rotatable bonds is 3. The molecule has 0 unspecified atom stereocenters. The molecule has 0 aliphatic carbocycles. The van der Waals surface area contributed by atoms with Gasteiger partial charge in [0.2, 0.25) is 11.8 Å². The number of carbonyl (C=O) groups excluding carboxylic acids is 2. The van der Waals surface area contributed by atoms with Crippen LogP contribution in [0.15, 0.2) is 0 Å². The van der Waals surface area contributed by atoms with E-state index in [9.17, 15) is 19.5 Å². The summed E-state index contributed by atoms with van der Waals surface area (Å²) >= 11 is 0. The summed E-state index contributed by atoms with van der Waals surface area (Å²) in [4.78, 5) is 39.5. The van der Waals surface area contributed by atoms with Crippen LogP contribution in [0.4, 0.5) is 4.79 Å². The van der Waals surface area contributed by atoms with Gasteiger partial charge >= 0.3 is 6.09 Å². The summed E-state index contributed by atoms with van der Waals surface area (Å²) in [5.41, 5.74) is 0. The van der Waals surface area contributed by atoms with E-state index in [1.807, 2.05) is 0 Å². The summed E-state index contributed by atoms with van der Waals surface area (Å²) in [5.74, 6) is -0.333. The van der Waals surface area contributed by atoms with Crippen molar-refractivity contribution in [2.45, 2.75) is 38.3 Å². The molecule has 2 fully saturated rings. The van der Waals surface area contributed by atoms with Crippen molar-refractivity contribution >= 4 is 17.9 Å². The van der Waals surface area contributed by atoms with E-state index < -0.39 is 18.2 Å². The second-order valence-electron chi connectivity index (χ2n) is 5.86. The van der Waals surface area contributed by atoms with Crippen molar-refractivity contribution in [3.8, 4) is 0 Å². The van der Waals surface area contributed by atoms with Gasteiger partial charge in [-0.05, 0) is 19.8 Å². The first kappa shape index (κ1) is 16.5. The van der Waals surface area contributed by atoms with Crippen molar-refractivity contribution in [2.24, 2.45) is 0 Å². The van der Waals surface area contributed by atoms with E-state index in [1.165, 1.54) is 0 Å². The molecule has 0 aromatic heterocycles. The number of likely N-dealkylation sites (tertiary alicyclic amines) is 1. The van der Waals surface area contributed by atoms with Gasteiger partial charge in [-0.3, -0.25) is 14.5 Å². The van der Waals surface area contributed by atoms with E-state index in [4.69, 9.17) is 5.11 Å². The smallest absolute Gasteiger partial charge is 0.408 e. The molecule has 2 N–H and O–H groups in total. The lowest BCUT2D eigenvalue weighted by atomic mass is 10.1. The Kier molecular flexibility index (Phi) is 5.23. The van der Waals surface area contributed by atoms with Crippen molar-refractivity contribution in [2.75, 3.05) is 32.7 Å². The number of amides is 3. The Balaban J connectivity index is 1.83. The molecule has 0 spiro atoms. The van der Waals surface area contributed by atoms with Gasteiger partial charge in [0.1, 0.15) is 6.04 Å². The van der Waals surface area contributed by atoms with Crippen LogP contribution in [0.5, 0.6) is 0 Å². The summed E-state index contributed by atoms with van der Waals surface area (Å²) in [7, 11) is 0. The van der Waals surface area contributed by atoms with Crippen molar-refractivity contribution in [3.05, 3.63) is 0 Å². The summed E-state index contributed by atoms with van der Waals surface area (Å²) in [5, 5.41) is 18.6. The fraction of sp³-hybridized carbons (Fsp3) is 0.786. The fourth-order valence-corrected chi connectivity index (χ4v) is 2.98. The molecule has 2 aliphatic rings. The van der Waals surface area contributed by atoms with Crippen molar-refractivity contribution in [3.63, 3.8) is 0 Å². The van der Waals surface area contributed by atoms with Crippen molar-refractivity contribution < 1.29 is 24.6 Å². The topological polar surface area (TPSA) is 101 Å². The molecule has 124 valence electrons. The normalized spacial score (nSPS) is 26.3. The lowest BCUT2D eigenvalue weighted by Gasteiger charge is -2.38. The highest BCUT2D eigenvalue weighted by Crippen LogP contribution is 2.14. The molecule has 2 rings (SSSR count). The lowest BCUT2D eigenvalue weighted by Crippen LogP contribution is -2.57. The molecule has 0 saturated carbocycles. The minimum absolute atomic E-state index is 0.0696. The Bertz CT molecular complexity index is 456. The first-order valence-corrected chi connectivity index (χ1v) is 7.64. The lowest BCUT2D eigenvalue weighted by molar-refractivity contribution is -0.141. The van der Waals surface area contributed by atoms with Gasteiger partial charge in [0.15, 0.2) is 0 Å². The maximum atomic E-state index is 12.1. The zero-order valence-electron chi connectivity index (χ0n) is 12.8. The number of carbonyl (C=O) groups is 3. The third kappa shape index (κ3) is 3.68. The molecule has 8 heteroatoms. The van der Waals surface area contributed by atoms with E-state index in [0.29, 0.717) is 26.2 Å². The van der Waals surface area contributed by atoms with Gasteiger partial charge < -0.3 is 20.0 Å². The number of hydrogen-bond donors (Lipinski definition) is 2. The molecule has 0 aromatic rings. The number of aliphatic hydroxyl groups is 1. The van der Waals surface area contributed by atoms with Crippen LogP contribution in [0.1, 0.15) is 26.2 Å². The second kappa shape index (κ2) is 6.95. The van der Waals surface area contributed by atoms with Crippen LogP contribution in [0.3, 0.4) is 0 Å². The third-order valence-electron chi connectivity index (χ3n) is 4.34. The van der Waals surface area contributed by atoms with Crippen LogP contribution in [-0.4, -0.2) is 87.7 Å². The number of aliphatic hydroxyl groups excluding tert-OH is 1. The van der Waals surface area contributed by atoms with Gasteiger partial charge in [-0.2, -0.15) is 0 Å². The standard InChI is InChI=1S/C14H23N3O5/c1-10-13(20)15(7-8-17(10)14(21)22)6-4-12(19)16-5-2-3-11(18)9-16/h10-11,18H,2-9H2,1H3,(H,21,22)/t10-,11-/m0/s1. The van der Waals surface area contributed by atoms with Crippen LogP contribution < -0.4 is 0 Å². The molecule has 3 amide bonds. The van der Waals surface area contributed by atoms with E-state index in [2.05, 4.69) is 0 Å². The van der Waals surface area contributed by atoms with Crippen LogP contribution in [0.25, 0.3) is 0 Å². The second-order valence-corrected chi connectivity index (χ2v) is 5.86. The molecule has 2 saturated heterocycles. The summed E-state index contributed by atoms with van der Waals surface area (Å²) in [6.07, 6.45) is 0.160. The van der Waals surface area contributed by atoms with Crippen molar-refractivity contribution in [1.82, 2.24) is 14.7 Å². The number of carboxylic acid groups (broad SMARTS) is 1. The van der Waals surface area contributed by atoms with Crippen LogP contribution in [0.2, 0.25) is 0 Å². The molecular formula is C14H23N3O5. The molecule has 22 heavy (non-hydrogen) atoms. The molecule has 0 aromatic carbocycles. The Morgan fingerprint density at radius 2 is 2.00 bits per heavy atom. The van der Waals surface area contributed by atoms with Crippen LogP contribution >= 0.6 is 0 Å². The number of β-amino-alcohol motifs (C(OH)–C–C–N with tert-alkyl or cyclic N) is 1. The summed E-state index contributed by atoms with van der Waals surface area (Å²) in [6, 6.07) is -0.710. The van der Waals surface area contributed by atoms with Gasteiger partial charge in [-0.1, -0.05) is 0 Å². The predicted molar refractivity (Wildman–Crippen MR) is 77.2 cm³/mol. The van der Waals surface area contributed by atoms with Gasteiger partial charge in [-0.15, -0.1) is 0 Å². The van der Waals surface area contributed by atoms with Crippen LogP contribution in [-0.2, 0) is 9.59 Å². The quantitative estimate of drug-likeness (QED) is 0.736. The van der Waals surface area contributed by atoms with E-state index in [1.54, 1.807) is 16.7 Å². The van der Waals surface area contributed by atoms with E-state index >= 15 is 0 Å². The molecule has 0 radical (unpaired) electrons. The Labute approximate surface area is 129 Å². The van der Waals surface area contributed by atoms with Gasteiger partial charge in [0.05, 0.1) is 6.10 Å². The van der Waals surface area contributed by atoms with Crippen LogP contribution in [0, 0.1) is 0 Å². The zero-order valence-corrected chi connectivity index (χ0v) is 12.8. The number of hydrogen-bond acceptors (Lipinski definition) is 4. The molecule has 2 atom stereocenters. The number of nitrogens with zero attached hydrogens (tertiary/aromatic N) is 3. The largest absolute Gasteiger partial charge is 0.465 e. The Morgan fingerprint density at radius 1 is 1.27 bits per heavy atom. The maximum absolute atomic E-state index is 12.1. The van der Waals surface area contributed by atoms with E-state index in [0.717, 1.165) is 17.7 Å². The minimum atomic E-state index is -1.10. The Hall–Kier alpha value is -1.83. The van der Waals surface area contributed by atoms with Crippen molar-refractivity contribution in [1.29, 1.82) is 0 Å². The summed E-state index contributed by atoms with van der Waals surface area (Å²) < 4.78 is 0. The number of piperidine rings is 1. The highest BCUT2D eigenvalue weighted by Gasteiger charge is 2.34. The molecule has 8 nitrogen and oxygen atoms in total. The van der Waals surface area contributed by atoms with Gasteiger partial charge in [0.25, 0.3) is 0 Å². The molecule has 2 aliphatic heterocycles. The average Bonchev–Trinajstić information content (AvgIpc) is 2.48. The third-order valence-corrected chi connectivity index (χ3v) is 4.34. The SMILES string of the molecule is C[C@H]1C(=O)N(CCC(=O)N2CCC[C@H](O)C2)CCN1C(=O)O. The monoisotopic (exact) mass is 313 g/mol. The highest BCUT2D eigenvalue weighted by molar-refractivity contribution is 5.86. The fourth-order valence-electron chi connectivity index (χ4n) is 2.98. The maximum Gasteiger partial charge on any atom is 0.408 e. The number of piperazine rings is 1. The minimum Gasteiger partial charge on any atom is -0.465 e. The van der Waals surface area contributed by atoms with E-state index in [-0.39, 0.29) is 24.8 Å². The van der Waals surface area contributed by atoms with Gasteiger partial charge in [-0.25, -0.2) is 4.79 Å². The first-order valence-electron chi connectivity index (χ1n) is 7.64.